The third-order valence-corrected chi connectivity index (χ3v) is 6.79. The predicted molar refractivity (Wildman–Crippen MR) is 122 cm³/mol. The number of fused-ring (bicyclic) bond motifs is 1. The molecular weight excluding hydrogens is 394 g/mol. The van der Waals surface area contributed by atoms with Gasteiger partial charge in [-0.3, -0.25) is 4.79 Å². The van der Waals surface area contributed by atoms with Crippen LogP contribution in [0.25, 0.3) is 0 Å². The Labute approximate surface area is 185 Å². The van der Waals surface area contributed by atoms with Crippen LogP contribution >= 0.6 is 11.6 Å². The summed E-state index contributed by atoms with van der Waals surface area (Å²) in [5.41, 5.74) is 9.08. The van der Waals surface area contributed by atoms with Gasteiger partial charge in [0.25, 0.3) is 0 Å². The maximum Gasteiger partial charge on any atom is 0.242 e. The van der Waals surface area contributed by atoms with Crippen molar-refractivity contribution in [1.29, 1.82) is 0 Å². The van der Waals surface area contributed by atoms with E-state index in [2.05, 4.69) is 59.1 Å². The first-order valence-corrected chi connectivity index (χ1v) is 11.7. The van der Waals surface area contributed by atoms with E-state index in [0.29, 0.717) is 0 Å². The molecule has 4 nitrogen and oxygen atoms in total. The zero-order valence-corrected chi connectivity index (χ0v) is 18.4. The Hall–Kier alpha value is -1.88. The molecule has 0 aromatic heterocycles. The summed E-state index contributed by atoms with van der Waals surface area (Å²) in [6.45, 7) is 3.07. The van der Waals surface area contributed by atoms with Crippen LogP contribution in [0.1, 0.15) is 68.7 Å². The van der Waals surface area contributed by atoms with Crippen LogP contribution in [-0.2, 0) is 4.79 Å². The molecule has 0 aliphatic carbocycles. The lowest BCUT2D eigenvalue weighted by Gasteiger charge is -2.31. The monoisotopic (exact) mass is 425 g/mol. The number of hydrogen-bond donors (Lipinski definition) is 2. The second-order valence-electron chi connectivity index (χ2n) is 8.53. The summed E-state index contributed by atoms with van der Waals surface area (Å²) in [5, 5.41) is 0.730. The van der Waals surface area contributed by atoms with E-state index in [4.69, 9.17) is 11.6 Å². The summed E-state index contributed by atoms with van der Waals surface area (Å²) >= 11 is 6.10. The number of benzene rings is 2. The molecule has 2 N–H and O–H groups in total. The lowest BCUT2D eigenvalue weighted by atomic mass is 9.83. The molecule has 0 spiro atoms. The molecule has 0 saturated carbocycles. The van der Waals surface area contributed by atoms with Gasteiger partial charge in [-0.2, -0.15) is 0 Å². The highest BCUT2D eigenvalue weighted by Crippen LogP contribution is 2.47. The number of likely N-dealkylation sites (tertiary alicyclic amines) is 1. The molecule has 30 heavy (non-hydrogen) atoms. The summed E-state index contributed by atoms with van der Waals surface area (Å²) < 4.78 is 0. The SMILES string of the molecule is CCCCCCCCN1C(=O)C2NNC(c3ccc(Cl)cc3)C2C1c1ccccc1. The van der Waals surface area contributed by atoms with Crippen molar-refractivity contribution in [3.8, 4) is 0 Å². The largest absolute Gasteiger partial charge is 0.334 e. The molecule has 5 heteroatoms. The van der Waals surface area contributed by atoms with Crippen molar-refractivity contribution in [3.05, 3.63) is 70.7 Å². The van der Waals surface area contributed by atoms with E-state index in [1.54, 1.807) is 0 Å². The number of carbonyl (C=O) groups is 1. The summed E-state index contributed by atoms with van der Waals surface area (Å²) in [6, 6.07) is 18.4. The van der Waals surface area contributed by atoms with Crippen LogP contribution in [0.15, 0.2) is 54.6 Å². The van der Waals surface area contributed by atoms with Crippen LogP contribution in [0.4, 0.5) is 0 Å². The van der Waals surface area contributed by atoms with Crippen molar-refractivity contribution in [2.75, 3.05) is 6.54 Å². The third kappa shape index (κ3) is 4.41. The van der Waals surface area contributed by atoms with Crippen LogP contribution in [0.5, 0.6) is 0 Å². The Kier molecular flexibility index (Phi) is 7.08. The van der Waals surface area contributed by atoms with Crippen molar-refractivity contribution in [3.63, 3.8) is 0 Å². The van der Waals surface area contributed by atoms with Crippen LogP contribution in [0, 0.1) is 5.92 Å². The number of carbonyl (C=O) groups excluding carboxylic acids is 1. The number of hydrogen-bond acceptors (Lipinski definition) is 3. The minimum Gasteiger partial charge on any atom is -0.334 e. The number of amides is 1. The number of halogens is 1. The number of hydrazine groups is 1. The number of nitrogens with one attached hydrogen (secondary N) is 2. The van der Waals surface area contributed by atoms with E-state index in [1.165, 1.54) is 37.7 Å². The summed E-state index contributed by atoms with van der Waals surface area (Å²) in [6.07, 6.45) is 7.37. The Bertz CT molecular complexity index is 826. The zero-order chi connectivity index (χ0) is 20.9. The van der Waals surface area contributed by atoms with E-state index in [1.807, 2.05) is 18.2 Å². The molecule has 1 amide bonds. The average Bonchev–Trinajstić information content (AvgIpc) is 3.31. The molecular formula is C25H32ClN3O. The van der Waals surface area contributed by atoms with E-state index in [-0.39, 0.29) is 30.0 Å². The van der Waals surface area contributed by atoms with Gasteiger partial charge in [-0.25, -0.2) is 10.9 Å². The Morgan fingerprint density at radius 3 is 2.23 bits per heavy atom. The molecule has 2 aromatic rings. The summed E-state index contributed by atoms with van der Waals surface area (Å²) in [4.78, 5) is 15.5. The van der Waals surface area contributed by atoms with Crippen molar-refractivity contribution in [1.82, 2.24) is 15.8 Å². The highest BCUT2D eigenvalue weighted by Gasteiger charge is 2.55. The molecule has 4 rings (SSSR count). The van der Waals surface area contributed by atoms with Crippen LogP contribution < -0.4 is 10.9 Å². The van der Waals surface area contributed by atoms with E-state index in [0.717, 1.165) is 23.6 Å². The predicted octanol–water partition coefficient (Wildman–Crippen LogP) is 5.42. The maximum absolute atomic E-state index is 13.4. The number of unbranched alkanes of at least 4 members (excludes halogenated alkanes) is 5. The lowest BCUT2D eigenvalue weighted by Crippen LogP contribution is -2.41. The van der Waals surface area contributed by atoms with E-state index in [9.17, 15) is 4.79 Å². The Morgan fingerprint density at radius 2 is 1.50 bits per heavy atom. The van der Waals surface area contributed by atoms with Gasteiger partial charge in [-0.15, -0.1) is 0 Å². The topological polar surface area (TPSA) is 44.4 Å². The standard InChI is InChI=1S/C25H32ClN3O/c1-2-3-4-5-6-10-17-29-24(19-11-8-7-9-12-19)21-22(27-28-23(21)25(29)30)18-13-15-20(26)16-14-18/h7-9,11-16,21-24,27-28H,2-6,10,17H2,1H3. The van der Waals surface area contributed by atoms with E-state index < -0.39 is 0 Å². The van der Waals surface area contributed by atoms with Gasteiger partial charge in [0.2, 0.25) is 5.91 Å². The molecule has 2 fully saturated rings. The van der Waals surface area contributed by atoms with Gasteiger partial charge < -0.3 is 4.90 Å². The minimum atomic E-state index is -0.198. The normalized spacial score (nSPS) is 25.7. The second kappa shape index (κ2) is 9.95. The number of rotatable bonds is 9. The molecule has 160 valence electrons. The van der Waals surface area contributed by atoms with Gasteiger partial charge in [0.15, 0.2) is 0 Å². The fourth-order valence-corrected chi connectivity index (χ4v) is 5.14. The third-order valence-electron chi connectivity index (χ3n) is 6.54. The average molecular weight is 426 g/mol. The van der Waals surface area contributed by atoms with Crippen molar-refractivity contribution in [2.45, 2.75) is 63.6 Å². The van der Waals surface area contributed by atoms with Crippen molar-refractivity contribution >= 4 is 17.5 Å². The fourth-order valence-electron chi connectivity index (χ4n) is 5.02. The van der Waals surface area contributed by atoms with Gasteiger partial charge >= 0.3 is 0 Å². The Balaban J connectivity index is 1.55. The quantitative estimate of drug-likeness (QED) is 0.527. The first-order chi connectivity index (χ1) is 14.7. The second-order valence-corrected chi connectivity index (χ2v) is 8.96. The summed E-state index contributed by atoms with van der Waals surface area (Å²) in [7, 11) is 0. The van der Waals surface area contributed by atoms with Crippen molar-refractivity contribution < 1.29 is 4.79 Å². The highest BCUT2D eigenvalue weighted by atomic mass is 35.5. The van der Waals surface area contributed by atoms with Crippen LogP contribution in [-0.4, -0.2) is 23.4 Å². The minimum absolute atomic E-state index is 0.0657. The molecule has 2 aliphatic heterocycles. The van der Waals surface area contributed by atoms with Crippen LogP contribution in [0.3, 0.4) is 0 Å². The first-order valence-electron chi connectivity index (χ1n) is 11.3. The lowest BCUT2D eigenvalue weighted by molar-refractivity contribution is -0.130. The van der Waals surface area contributed by atoms with Crippen LogP contribution in [0.2, 0.25) is 5.02 Å². The molecule has 2 saturated heterocycles. The highest BCUT2D eigenvalue weighted by molar-refractivity contribution is 6.30. The van der Waals surface area contributed by atoms with Gasteiger partial charge in [0, 0.05) is 17.5 Å². The van der Waals surface area contributed by atoms with Gasteiger partial charge in [0.05, 0.1) is 12.1 Å². The Morgan fingerprint density at radius 1 is 0.833 bits per heavy atom. The molecule has 2 aromatic carbocycles. The summed E-state index contributed by atoms with van der Waals surface area (Å²) in [5.74, 6) is 0.354. The fraction of sp³-hybridized carbons (Fsp3) is 0.480. The maximum atomic E-state index is 13.4. The number of nitrogens with zero attached hydrogens (tertiary/aromatic N) is 1. The molecule has 0 radical (unpaired) electrons. The zero-order valence-electron chi connectivity index (χ0n) is 17.7. The molecule has 2 aliphatic rings. The van der Waals surface area contributed by atoms with Crippen molar-refractivity contribution in [2.24, 2.45) is 5.92 Å². The first kappa shape index (κ1) is 21.4. The smallest absolute Gasteiger partial charge is 0.242 e. The van der Waals surface area contributed by atoms with Gasteiger partial charge in [0.1, 0.15) is 6.04 Å². The van der Waals surface area contributed by atoms with Gasteiger partial charge in [-0.05, 0) is 29.7 Å². The molecule has 4 atom stereocenters. The molecule has 4 unspecified atom stereocenters. The molecule has 2 heterocycles. The van der Waals surface area contributed by atoms with Gasteiger partial charge in [-0.1, -0.05) is 93.1 Å². The molecule has 0 bridgehead atoms. The van der Waals surface area contributed by atoms with E-state index >= 15 is 0 Å².